The lowest BCUT2D eigenvalue weighted by Gasteiger charge is -2.38. The normalized spacial score (nSPS) is 25.4. The van der Waals surface area contributed by atoms with Crippen molar-refractivity contribution in [1.82, 2.24) is 4.90 Å². The van der Waals surface area contributed by atoms with Crippen LogP contribution in [0, 0.1) is 5.92 Å². The second-order valence-electron chi connectivity index (χ2n) is 5.78. The summed E-state index contributed by atoms with van der Waals surface area (Å²) in [4.78, 5) is 13.6. The quantitative estimate of drug-likeness (QED) is 0.922. The Hall–Kier alpha value is -1.06. The van der Waals surface area contributed by atoms with Gasteiger partial charge < -0.3 is 5.11 Å². The zero-order valence-corrected chi connectivity index (χ0v) is 12.8. The van der Waals surface area contributed by atoms with Crippen molar-refractivity contribution in [3.8, 4) is 0 Å². The number of likely N-dealkylation sites (tertiary alicyclic amines) is 1. The molecule has 0 bridgehead atoms. The summed E-state index contributed by atoms with van der Waals surface area (Å²) in [7, 11) is 0. The fourth-order valence-electron chi connectivity index (χ4n) is 3.07. The summed E-state index contributed by atoms with van der Waals surface area (Å²) in [6, 6.07) is 8.02. The first-order chi connectivity index (χ1) is 9.49. The van der Waals surface area contributed by atoms with Gasteiger partial charge in [-0.15, -0.1) is 0 Å². The maximum Gasteiger partial charge on any atom is 0.308 e. The van der Waals surface area contributed by atoms with Gasteiger partial charge in [-0.1, -0.05) is 30.7 Å². The number of rotatable bonds is 4. The fraction of sp³-hybridized carbons (Fsp3) is 0.562. The third-order valence-corrected chi connectivity index (χ3v) is 4.60. The Labute approximate surface area is 125 Å². The smallest absolute Gasteiger partial charge is 0.308 e. The maximum atomic E-state index is 11.3. The van der Waals surface area contributed by atoms with Crippen LogP contribution in [0.15, 0.2) is 24.3 Å². The summed E-state index contributed by atoms with van der Waals surface area (Å²) in [6.45, 7) is 6.06. The molecule has 3 atom stereocenters. The molecule has 1 aromatic carbocycles. The van der Waals surface area contributed by atoms with Crippen LogP contribution in [0.4, 0.5) is 0 Å². The Morgan fingerprint density at radius 2 is 2.30 bits per heavy atom. The van der Waals surface area contributed by atoms with Crippen molar-refractivity contribution in [3.63, 3.8) is 0 Å². The van der Waals surface area contributed by atoms with Crippen molar-refractivity contribution in [2.45, 2.75) is 38.6 Å². The van der Waals surface area contributed by atoms with Gasteiger partial charge in [-0.2, -0.15) is 0 Å². The molecule has 4 heteroatoms. The van der Waals surface area contributed by atoms with E-state index in [1.165, 1.54) is 5.56 Å². The van der Waals surface area contributed by atoms with E-state index in [2.05, 4.69) is 17.9 Å². The Balaban J connectivity index is 2.03. The third-order valence-electron chi connectivity index (χ3n) is 4.36. The van der Waals surface area contributed by atoms with E-state index in [9.17, 15) is 9.90 Å². The number of carboxylic acids is 1. The van der Waals surface area contributed by atoms with Crippen LogP contribution in [-0.4, -0.2) is 35.1 Å². The molecule has 110 valence electrons. The first kappa shape index (κ1) is 15.3. The molecule has 0 aliphatic carbocycles. The van der Waals surface area contributed by atoms with E-state index in [0.717, 1.165) is 31.0 Å². The first-order valence-corrected chi connectivity index (χ1v) is 7.59. The summed E-state index contributed by atoms with van der Waals surface area (Å²) < 4.78 is 0. The minimum absolute atomic E-state index is 0.0999. The largest absolute Gasteiger partial charge is 0.481 e. The molecule has 20 heavy (non-hydrogen) atoms. The number of halogens is 1. The van der Waals surface area contributed by atoms with Gasteiger partial charge in [-0.3, -0.25) is 9.69 Å². The SMILES string of the molecule is CC(CN1CCC[C@H](C(=O)O)[C@@H]1C)c1cccc(Cl)c1. The number of carbonyl (C=O) groups is 1. The summed E-state index contributed by atoms with van der Waals surface area (Å²) in [5.41, 5.74) is 1.21. The highest BCUT2D eigenvalue weighted by atomic mass is 35.5. The zero-order chi connectivity index (χ0) is 14.7. The summed E-state index contributed by atoms with van der Waals surface area (Å²) >= 11 is 6.03. The highest BCUT2D eigenvalue weighted by Gasteiger charge is 2.33. The van der Waals surface area contributed by atoms with Crippen molar-refractivity contribution in [2.75, 3.05) is 13.1 Å². The molecule has 1 unspecified atom stereocenters. The number of aliphatic carboxylic acids is 1. The van der Waals surface area contributed by atoms with E-state index < -0.39 is 5.97 Å². The minimum Gasteiger partial charge on any atom is -0.481 e. The van der Waals surface area contributed by atoms with E-state index in [-0.39, 0.29) is 12.0 Å². The van der Waals surface area contributed by atoms with Gasteiger partial charge in [0.05, 0.1) is 5.92 Å². The molecule has 0 radical (unpaired) electrons. The van der Waals surface area contributed by atoms with Gasteiger partial charge in [0.1, 0.15) is 0 Å². The van der Waals surface area contributed by atoms with Gasteiger partial charge >= 0.3 is 5.97 Å². The molecule has 1 aliphatic rings. The second-order valence-corrected chi connectivity index (χ2v) is 6.21. The molecular weight excluding hydrogens is 274 g/mol. The number of nitrogens with zero attached hydrogens (tertiary/aromatic N) is 1. The minimum atomic E-state index is -0.669. The molecule has 0 saturated carbocycles. The van der Waals surface area contributed by atoms with Crippen LogP contribution in [0.1, 0.15) is 38.2 Å². The molecule has 3 nitrogen and oxygen atoms in total. The predicted molar refractivity (Wildman–Crippen MR) is 81.3 cm³/mol. The van der Waals surface area contributed by atoms with Crippen LogP contribution in [0.25, 0.3) is 0 Å². The van der Waals surface area contributed by atoms with Gasteiger partial charge in [-0.25, -0.2) is 0 Å². The number of hydrogen-bond donors (Lipinski definition) is 1. The average molecular weight is 296 g/mol. The van der Waals surface area contributed by atoms with Gasteiger partial charge in [0.2, 0.25) is 0 Å². The standard InChI is InChI=1S/C16H22ClNO2/c1-11(13-5-3-6-14(17)9-13)10-18-8-4-7-15(12(18)2)16(19)20/h3,5-6,9,11-12,15H,4,7-8,10H2,1-2H3,(H,19,20)/t11?,12-,15-/m0/s1. The highest BCUT2D eigenvalue weighted by molar-refractivity contribution is 6.30. The number of hydrogen-bond acceptors (Lipinski definition) is 2. The lowest BCUT2D eigenvalue weighted by Crippen LogP contribution is -2.47. The van der Waals surface area contributed by atoms with Crippen molar-refractivity contribution in [2.24, 2.45) is 5.92 Å². The van der Waals surface area contributed by atoms with Crippen LogP contribution in [-0.2, 0) is 4.79 Å². The predicted octanol–water partition coefficient (Wildman–Crippen LogP) is 3.63. The molecule has 0 spiro atoms. The van der Waals surface area contributed by atoms with Crippen molar-refractivity contribution in [3.05, 3.63) is 34.9 Å². The molecule has 1 heterocycles. The Kier molecular flexibility index (Phi) is 5.06. The molecule has 0 amide bonds. The highest BCUT2D eigenvalue weighted by Crippen LogP contribution is 2.27. The van der Waals surface area contributed by atoms with Crippen LogP contribution in [0.3, 0.4) is 0 Å². The second kappa shape index (κ2) is 6.59. The van der Waals surface area contributed by atoms with E-state index in [1.54, 1.807) is 0 Å². The van der Waals surface area contributed by atoms with Crippen LogP contribution >= 0.6 is 11.6 Å². The Bertz CT molecular complexity index is 477. The van der Waals surface area contributed by atoms with Crippen LogP contribution in [0.5, 0.6) is 0 Å². The zero-order valence-electron chi connectivity index (χ0n) is 12.1. The Morgan fingerprint density at radius 1 is 1.55 bits per heavy atom. The molecule has 0 aromatic heterocycles. The average Bonchev–Trinajstić information content (AvgIpc) is 2.40. The molecular formula is C16H22ClNO2. The maximum absolute atomic E-state index is 11.3. The number of carboxylic acid groups (broad SMARTS) is 1. The van der Waals surface area contributed by atoms with Gasteiger partial charge in [-0.05, 0) is 49.9 Å². The van der Waals surface area contributed by atoms with E-state index >= 15 is 0 Å². The number of benzene rings is 1. The van der Waals surface area contributed by atoms with Crippen LogP contribution < -0.4 is 0 Å². The third kappa shape index (κ3) is 3.53. The first-order valence-electron chi connectivity index (χ1n) is 7.21. The number of piperidine rings is 1. The van der Waals surface area contributed by atoms with Gasteiger partial charge in [0.25, 0.3) is 0 Å². The molecule has 1 aliphatic heterocycles. The summed E-state index contributed by atoms with van der Waals surface area (Å²) in [5.74, 6) is -0.559. The van der Waals surface area contributed by atoms with Gasteiger partial charge in [0, 0.05) is 17.6 Å². The lowest BCUT2D eigenvalue weighted by atomic mass is 9.89. The molecule has 1 fully saturated rings. The fourth-order valence-corrected chi connectivity index (χ4v) is 3.27. The molecule has 1 aromatic rings. The lowest BCUT2D eigenvalue weighted by molar-refractivity contribution is -0.145. The Morgan fingerprint density at radius 3 is 2.95 bits per heavy atom. The van der Waals surface area contributed by atoms with E-state index in [1.807, 2.05) is 25.1 Å². The van der Waals surface area contributed by atoms with Crippen LogP contribution in [0.2, 0.25) is 5.02 Å². The summed E-state index contributed by atoms with van der Waals surface area (Å²) in [6.07, 6.45) is 1.75. The van der Waals surface area contributed by atoms with Crippen molar-refractivity contribution in [1.29, 1.82) is 0 Å². The van der Waals surface area contributed by atoms with Gasteiger partial charge in [0.15, 0.2) is 0 Å². The topological polar surface area (TPSA) is 40.5 Å². The molecule has 1 N–H and O–H groups in total. The van der Waals surface area contributed by atoms with Crippen molar-refractivity contribution < 1.29 is 9.90 Å². The van der Waals surface area contributed by atoms with E-state index in [0.29, 0.717) is 5.92 Å². The summed E-state index contributed by atoms with van der Waals surface area (Å²) in [5, 5.41) is 10.0. The molecule has 1 saturated heterocycles. The van der Waals surface area contributed by atoms with E-state index in [4.69, 9.17) is 11.6 Å². The monoisotopic (exact) mass is 295 g/mol. The van der Waals surface area contributed by atoms with Crippen molar-refractivity contribution >= 4 is 17.6 Å². The molecule has 2 rings (SSSR count).